The Morgan fingerprint density at radius 1 is 0.286 bits per heavy atom. The third kappa shape index (κ3) is 8.43. The van der Waals surface area contributed by atoms with Crippen LogP contribution in [0.3, 0.4) is 0 Å². The van der Waals surface area contributed by atoms with Gasteiger partial charge in [-0.1, -0.05) is 115 Å². The van der Waals surface area contributed by atoms with Crippen molar-refractivity contribution in [2.45, 2.75) is 6.18 Å². The Hall–Kier alpha value is -12.3. The fourth-order valence-electron chi connectivity index (χ4n) is 11.9. The molecule has 13 aromatic rings. The molecule has 2 aromatic heterocycles. The van der Waals surface area contributed by atoms with E-state index in [9.17, 15) is 31.6 Å². The molecule has 0 N–H and O–H groups in total. The van der Waals surface area contributed by atoms with Crippen LogP contribution in [0.1, 0.15) is 38.9 Å². The predicted molar refractivity (Wildman–Crippen MR) is 321 cm³/mol. The molecule has 2 heterocycles. The second-order valence-electron chi connectivity index (χ2n) is 20.1. The largest absolute Gasteiger partial charge is 0.417 e. The Bertz CT molecular complexity index is 5000. The Kier molecular flexibility index (Phi) is 12.5. The lowest BCUT2D eigenvalue weighted by Gasteiger charge is -2.21. The van der Waals surface area contributed by atoms with Crippen molar-refractivity contribution in [3.8, 4) is 115 Å². The molecule has 8 nitrogen and oxygen atoms in total. The molecule has 11 aromatic carbocycles. The third-order valence-corrected chi connectivity index (χ3v) is 15.6. The lowest BCUT2D eigenvalue weighted by atomic mass is 9.90. The molecule has 390 valence electrons. The molecule has 0 saturated carbocycles. The van der Waals surface area contributed by atoms with Gasteiger partial charge in [0.25, 0.3) is 0 Å². The zero-order valence-electron chi connectivity index (χ0n) is 44.1. The summed E-state index contributed by atoms with van der Waals surface area (Å²) in [6, 6.07) is 80.5. The molecule has 0 radical (unpaired) electrons. The van der Waals surface area contributed by atoms with Gasteiger partial charge < -0.3 is 9.13 Å². The van der Waals surface area contributed by atoms with E-state index >= 15 is 13.2 Å². The maximum Gasteiger partial charge on any atom is 0.417 e. The second kappa shape index (κ2) is 20.4. The third-order valence-electron chi connectivity index (χ3n) is 15.6. The van der Waals surface area contributed by atoms with E-state index in [-0.39, 0.29) is 22.3 Å². The van der Waals surface area contributed by atoms with Gasteiger partial charge in [-0.15, -0.1) is 0 Å². The summed E-state index contributed by atoms with van der Waals surface area (Å²) in [5.41, 5.74) is 11.5. The molecule has 0 bridgehead atoms. The summed E-state index contributed by atoms with van der Waals surface area (Å²) in [6.07, 6.45) is -4.87. The fraction of sp³-hybridized carbons (Fsp3) is 0.0137. The minimum atomic E-state index is -4.87. The molecular weight excluding hydrogens is 1050 g/mol. The first-order chi connectivity index (χ1) is 41.0. The van der Waals surface area contributed by atoms with Crippen LogP contribution in [0.15, 0.2) is 224 Å². The first kappa shape index (κ1) is 51.2. The number of alkyl halides is 3. The normalized spacial score (nSPS) is 11.2. The number of fused-ring (bicyclic) bond motifs is 6. The number of rotatable bonds is 8. The van der Waals surface area contributed by atoms with E-state index in [1.54, 1.807) is 66.7 Å². The SMILES string of the molecule is N#Cc1ccc(-c2ccc(-n3c4ccc(-c5ccccc5C#N)cc4c4cc(-c5ccccc5C#N)ccc43)c(-c3c(C#N)cccc3-n3c4ccc(-c5ccccc5C#N)cc4c4cc(-c5ccccc5C#N)ccc43)c2)c(C(F)(F)F)c1. The van der Waals surface area contributed by atoms with Gasteiger partial charge in [-0.2, -0.15) is 44.7 Å². The van der Waals surface area contributed by atoms with Crippen LogP contribution in [0.25, 0.3) is 122 Å². The maximum atomic E-state index is 15.3. The van der Waals surface area contributed by atoms with Crippen LogP contribution in [0.2, 0.25) is 0 Å². The first-order valence-electron chi connectivity index (χ1n) is 26.5. The number of nitriles is 6. The quantitative estimate of drug-likeness (QED) is 0.148. The van der Waals surface area contributed by atoms with Crippen molar-refractivity contribution >= 4 is 43.6 Å². The van der Waals surface area contributed by atoms with Crippen molar-refractivity contribution in [1.29, 1.82) is 31.6 Å². The molecule has 0 spiro atoms. The topological polar surface area (TPSA) is 153 Å². The van der Waals surface area contributed by atoms with Gasteiger partial charge in [-0.05, 0) is 165 Å². The monoisotopic (exact) mass is 1080 g/mol. The van der Waals surface area contributed by atoms with Gasteiger partial charge in [0, 0.05) is 32.7 Å². The van der Waals surface area contributed by atoms with Crippen LogP contribution in [-0.4, -0.2) is 9.13 Å². The van der Waals surface area contributed by atoms with Crippen LogP contribution in [0.5, 0.6) is 0 Å². The molecular formula is C73H37F3N8. The van der Waals surface area contributed by atoms with E-state index in [0.717, 1.165) is 61.0 Å². The van der Waals surface area contributed by atoms with E-state index in [2.05, 4.69) is 30.3 Å². The molecule has 0 unspecified atom stereocenters. The van der Waals surface area contributed by atoms with Gasteiger partial charge in [0.2, 0.25) is 0 Å². The average molecular weight is 1080 g/mol. The molecule has 0 saturated heterocycles. The molecule has 0 aliphatic heterocycles. The number of aromatic nitrogens is 2. The van der Waals surface area contributed by atoms with Crippen molar-refractivity contribution < 1.29 is 13.2 Å². The van der Waals surface area contributed by atoms with Crippen LogP contribution in [-0.2, 0) is 6.18 Å². The van der Waals surface area contributed by atoms with Crippen molar-refractivity contribution in [3.63, 3.8) is 0 Å². The first-order valence-corrected chi connectivity index (χ1v) is 26.5. The van der Waals surface area contributed by atoms with Gasteiger partial charge >= 0.3 is 6.18 Å². The summed E-state index contributed by atoms with van der Waals surface area (Å²) in [6.45, 7) is 0. The molecule has 11 heteroatoms. The molecule has 13 rings (SSSR count). The van der Waals surface area contributed by atoms with Gasteiger partial charge in [0.15, 0.2) is 0 Å². The Morgan fingerprint density at radius 2 is 0.643 bits per heavy atom. The van der Waals surface area contributed by atoms with E-state index in [4.69, 9.17) is 0 Å². The maximum absolute atomic E-state index is 15.3. The average Bonchev–Trinajstić information content (AvgIpc) is 2.12. The van der Waals surface area contributed by atoms with Crippen molar-refractivity contribution in [2.24, 2.45) is 0 Å². The Balaban J connectivity index is 1.15. The van der Waals surface area contributed by atoms with Crippen LogP contribution < -0.4 is 0 Å². The highest BCUT2D eigenvalue weighted by atomic mass is 19.4. The van der Waals surface area contributed by atoms with E-state index in [0.29, 0.717) is 77.9 Å². The van der Waals surface area contributed by atoms with Gasteiger partial charge in [-0.3, -0.25) is 0 Å². The van der Waals surface area contributed by atoms with Crippen LogP contribution in [0, 0.1) is 68.0 Å². The summed E-state index contributed by atoms with van der Waals surface area (Å²) < 4.78 is 50.1. The molecule has 0 aliphatic rings. The highest BCUT2D eigenvalue weighted by Gasteiger charge is 2.35. The zero-order chi connectivity index (χ0) is 57.8. The lowest BCUT2D eigenvalue weighted by molar-refractivity contribution is -0.137. The summed E-state index contributed by atoms with van der Waals surface area (Å²) >= 11 is 0. The molecule has 0 fully saturated rings. The summed E-state index contributed by atoms with van der Waals surface area (Å²) in [7, 11) is 0. The van der Waals surface area contributed by atoms with Crippen molar-refractivity contribution in [1.82, 2.24) is 9.13 Å². The van der Waals surface area contributed by atoms with Gasteiger partial charge in [0.1, 0.15) is 0 Å². The number of hydrogen-bond acceptors (Lipinski definition) is 6. The number of halogens is 3. The second-order valence-corrected chi connectivity index (χ2v) is 20.1. The van der Waals surface area contributed by atoms with Gasteiger partial charge in [0.05, 0.1) is 109 Å². The summed E-state index contributed by atoms with van der Waals surface area (Å²) in [5.74, 6) is 0. The Morgan fingerprint density at radius 3 is 1.02 bits per heavy atom. The fourth-order valence-corrected chi connectivity index (χ4v) is 11.9. The molecule has 84 heavy (non-hydrogen) atoms. The summed E-state index contributed by atoms with van der Waals surface area (Å²) in [5, 5.41) is 65.4. The van der Waals surface area contributed by atoms with Crippen LogP contribution in [0.4, 0.5) is 13.2 Å². The van der Waals surface area contributed by atoms with E-state index < -0.39 is 11.7 Å². The summed E-state index contributed by atoms with van der Waals surface area (Å²) in [4.78, 5) is 0. The van der Waals surface area contributed by atoms with E-state index in [1.807, 2.05) is 155 Å². The molecule has 0 aliphatic carbocycles. The smallest absolute Gasteiger partial charge is 0.309 e. The van der Waals surface area contributed by atoms with Gasteiger partial charge in [-0.25, -0.2) is 0 Å². The number of hydrogen-bond donors (Lipinski definition) is 0. The van der Waals surface area contributed by atoms with Crippen LogP contribution >= 0.6 is 0 Å². The Labute approximate surface area is 479 Å². The number of benzene rings is 11. The molecule has 0 amide bonds. The minimum absolute atomic E-state index is 0.163. The predicted octanol–water partition coefficient (Wildman–Crippen LogP) is 18.1. The van der Waals surface area contributed by atoms with Crippen molar-refractivity contribution in [2.75, 3.05) is 0 Å². The highest BCUT2D eigenvalue weighted by molar-refractivity contribution is 6.14. The minimum Gasteiger partial charge on any atom is -0.309 e. The highest BCUT2D eigenvalue weighted by Crippen LogP contribution is 2.47. The number of nitrogens with zero attached hydrogens (tertiary/aromatic N) is 8. The standard InChI is InChI=1S/C73H37F3N8/c74-73(75,76)65-32-44(38-77)20-26-59(65)49-25-31-70(83-66-27-21-45(55-15-5-1-10-50(55)39-78)33-60(66)61-34-46(22-28-67(61)83)56-16-6-2-11-51(56)40-79)64(37-49)72-54(43-82)14-9-19-71(72)84-68-29-23-47(57-17-7-3-12-52(57)41-80)35-62(68)63-36-48(24-30-69(63)84)58-18-8-4-13-53(58)42-81/h1-37H. The lowest BCUT2D eigenvalue weighted by Crippen LogP contribution is -2.08. The zero-order valence-corrected chi connectivity index (χ0v) is 44.1. The van der Waals surface area contributed by atoms with E-state index in [1.165, 1.54) is 12.1 Å². The molecule has 0 atom stereocenters. The van der Waals surface area contributed by atoms with Crippen molar-refractivity contribution in [3.05, 3.63) is 263 Å².